The van der Waals surface area contributed by atoms with Crippen LogP contribution in [0.25, 0.3) is 0 Å². The molecule has 4 heteroatoms. The Hall–Kier alpha value is -2.43. The van der Waals surface area contributed by atoms with E-state index in [9.17, 15) is 4.79 Å². The minimum absolute atomic E-state index is 0.0819. The van der Waals surface area contributed by atoms with E-state index in [2.05, 4.69) is 82.5 Å². The van der Waals surface area contributed by atoms with Crippen molar-refractivity contribution in [3.8, 4) is 0 Å². The van der Waals surface area contributed by atoms with Gasteiger partial charge in [0.15, 0.2) is 0 Å². The van der Waals surface area contributed by atoms with Crippen molar-refractivity contribution in [2.75, 3.05) is 6.61 Å². The molecule has 0 aromatic heterocycles. The summed E-state index contributed by atoms with van der Waals surface area (Å²) in [5.74, 6) is -0.415. The molecular formula is C25H32O3Si. The van der Waals surface area contributed by atoms with Crippen LogP contribution in [-0.4, -0.2) is 27.0 Å². The van der Waals surface area contributed by atoms with Crippen molar-refractivity contribution in [3.05, 3.63) is 86.0 Å². The predicted molar refractivity (Wildman–Crippen MR) is 123 cm³/mol. The first-order valence-corrected chi connectivity index (χ1v) is 11.9. The van der Waals surface area contributed by atoms with Crippen LogP contribution in [0.1, 0.15) is 33.6 Å². The van der Waals surface area contributed by atoms with Crippen LogP contribution in [0, 0.1) is 0 Å². The van der Waals surface area contributed by atoms with Gasteiger partial charge in [0.05, 0.1) is 0 Å². The van der Waals surface area contributed by atoms with E-state index < -0.39 is 14.3 Å². The number of hydrogen-bond donors (Lipinski definition) is 0. The summed E-state index contributed by atoms with van der Waals surface area (Å²) in [4.78, 5) is 11.7. The molecule has 0 spiro atoms. The van der Waals surface area contributed by atoms with Gasteiger partial charge in [0.2, 0.25) is 0 Å². The van der Waals surface area contributed by atoms with E-state index in [4.69, 9.17) is 9.16 Å². The SMILES string of the molecule is C=CC[C@@H](CCO[Si](c1ccccc1)(c1ccccc1)C(C)(C)C)OC(=O)C=C. The van der Waals surface area contributed by atoms with E-state index in [0.29, 0.717) is 19.4 Å². The number of carbonyl (C=O) groups is 1. The molecule has 0 unspecified atom stereocenters. The van der Waals surface area contributed by atoms with Gasteiger partial charge in [-0.2, -0.15) is 0 Å². The van der Waals surface area contributed by atoms with Gasteiger partial charge >= 0.3 is 5.97 Å². The molecule has 0 saturated carbocycles. The highest BCUT2D eigenvalue weighted by molar-refractivity contribution is 6.99. The van der Waals surface area contributed by atoms with Crippen LogP contribution >= 0.6 is 0 Å². The van der Waals surface area contributed by atoms with Crippen molar-refractivity contribution in [3.63, 3.8) is 0 Å². The largest absolute Gasteiger partial charge is 0.459 e. The van der Waals surface area contributed by atoms with Gasteiger partial charge in [-0.1, -0.05) is 94.1 Å². The van der Waals surface area contributed by atoms with Gasteiger partial charge in [0.25, 0.3) is 8.32 Å². The van der Waals surface area contributed by atoms with E-state index in [1.807, 2.05) is 12.1 Å². The fourth-order valence-electron chi connectivity index (χ4n) is 3.73. The van der Waals surface area contributed by atoms with Crippen LogP contribution in [-0.2, 0) is 14.0 Å². The molecule has 3 nitrogen and oxygen atoms in total. The molecule has 0 radical (unpaired) electrons. The number of rotatable bonds is 10. The fourth-order valence-corrected chi connectivity index (χ4v) is 8.31. The van der Waals surface area contributed by atoms with Crippen molar-refractivity contribution in [2.45, 2.75) is 44.8 Å². The second-order valence-electron chi connectivity index (χ2n) is 8.09. The summed E-state index contributed by atoms with van der Waals surface area (Å²) in [7, 11) is -2.57. The second kappa shape index (κ2) is 10.4. The van der Waals surface area contributed by atoms with Crippen LogP contribution in [0.4, 0.5) is 0 Å². The van der Waals surface area contributed by atoms with Crippen molar-refractivity contribution in [2.24, 2.45) is 0 Å². The monoisotopic (exact) mass is 408 g/mol. The number of ether oxygens (including phenoxy) is 1. The lowest BCUT2D eigenvalue weighted by Gasteiger charge is -2.43. The molecule has 0 saturated heterocycles. The third kappa shape index (κ3) is 5.55. The molecule has 154 valence electrons. The minimum Gasteiger partial charge on any atom is -0.459 e. The van der Waals surface area contributed by atoms with Crippen molar-refractivity contribution in [1.82, 2.24) is 0 Å². The first kappa shape index (κ1) is 22.9. The molecule has 0 amide bonds. The van der Waals surface area contributed by atoms with Crippen molar-refractivity contribution in [1.29, 1.82) is 0 Å². The molecular weight excluding hydrogens is 376 g/mol. The minimum atomic E-state index is -2.57. The average molecular weight is 409 g/mol. The first-order valence-electron chi connectivity index (χ1n) is 10.0. The Morgan fingerprint density at radius 3 is 1.93 bits per heavy atom. The molecule has 0 aliphatic heterocycles. The smallest absolute Gasteiger partial charge is 0.330 e. The van der Waals surface area contributed by atoms with Gasteiger partial charge < -0.3 is 9.16 Å². The maximum atomic E-state index is 11.7. The number of esters is 1. The molecule has 0 bridgehead atoms. The molecule has 0 fully saturated rings. The third-order valence-corrected chi connectivity index (χ3v) is 10.1. The van der Waals surface area contributed by atoms with E-state index in [0.717, 1.165) is 0 Å². The van der Waals surface area contributed by atoms with Gasteiger partial charge in [-0.3, -0.25) is 0 Å². The predicted octanol–water partition coefficient (Wildman–Crippen LogP) is 4.63. The van der Waals surface area contributed by atoms with Crippen LogP contribution in [0.5, 0.6) is 0 Å². The molecule has 0 aliphatic rings. The second-order valence-corrected chi connectivity index (χ2v) is 12.4. The molecule has 29 heavy (non-hydrogen) atoms. The molecule has 0 N–H and O–H groups in total. The van der Waals surface area contributed by atoms with Crippen molar-refractivity contribution >= 4 is 24.7 Å². The maximum absolute atomic E-state index is 11.7. The molecule has 2 rings (SSSR count). The molecule has 2 aromatic rings. The Balaban J connectivity index is 2.37. The van der Waals surface area contributed by atoms with Gasteiger partial charge in [0.1, 0.15) is 6.10 Å². The van der Waals surface area contributed by atoms with Gasteiger partial charge in [-0.25, -0.2) is 4.79 Å². The normalized spacial score (nSPS) is 12.8. The maximum Gasteiger partial charge on any atom is 0.330 e. The zero-order valence-electron chi connectivity index (χ0n) is 17.8. The van der Waals surface area contributed by atoms with Crippen LogP contribution < -0.4 is 10.4 Å². The average Bonchev–Trinajstić information content (AvgIpc) is 2.71. The number of hydrogen-bond acceptors (Lipinski definition) is 3. The summed E-state index contributed by atoms with van der Waals surface area (Å²) in [6.45, 7) is 14.5. The summed E-state index contributed by atoms with van der Waals surface area (Å²) in [5, 5.41) is 2.39. The Morgan fingerprint density at radius 1 is 1.00 bits per heavy atom. The third-order valence-electron chi connectivity index (χ3n) is 5.05. The molecule has 1 atom stereocenters. The van der Waals surface area contributed by atoms with E-state index in [1.54, 1.807) is 6.08 Å². The highest BCUT2D eigenvalue weighted by Crippen LogP contribution is 2.36. The quantitative estimate of drug-likeness (QED) is 0.249. The van der Waals surface area contributed by atoms with Crippen molar-refractivity contribution < 1.29 is 14.0 Å². The lowest BCUT2D eigenvalue weighted by atomic mass is 10.2. The van der Waals surface area contributed by atoms with E-state index in [-0.39, 0.29) is 11.1 Å². The zero-order chi connectivity index (χ0) is 21.3. The van der Waals surface area contributed by atoms with Crippen LogP contribution in [0.15, 0.2) is 86.0 Å². The summed E-state index contributed by atoms with van der Waals surface area (Å²) >= 11 is 0. The summed E-state index contributed by atoms with van der Waals surface area (Å²) in [5.41, 5.74) is 0. The Kier molecular flexibility index (Phi) is 8.17. The lowest BCUT2D eigenvalue weighted by Crippen LogP contribution is -2.66. The standard InChI is InChI=1S/C25H32O3Si/c1-6-14-21(28-24(26)7-2)19-20-27-29(25(3,4)5,22-15-10-8-11-16-22)23-17-12-9-13-18-23/h6-13,15-18,21H,1-2,14,19-20H2,3-5H3/t21-/m0/s1. The van der Waals surface area contributed by atoms with E-state index >= 15 is 0 Å². The lowest BCUT2D eigenvalue weighted by molar-refractivity contribution is -0.143. The van der Waals surface area contributed by atoms with Crippen LogP contribution in [0.2, 0.25) is 5.04 Å². The topological polar surface area (TPSA) is 35.5 Å². The number of carbonyl (C=O) groups excluding carboxylic acids is 1. The molecule has 0 aliphatic carbocycles. The first-order chi connectivity index (χ1) is 13.8. The molecule has 0 heterocycles. The highest BCUT2D eigenvalue weighted by atomic mass is 28.4. The summed E-state index contributed by atoms with van der Waals surface area (Å²) in [6, 6.07) is 21.0. The Labute approximate surface area is 176 Å². The number of benzene rings is 2. The highest BCUT2D eigenvalue weighted by Gasteiger charge is 2.50. The van der Waals surface area contributed by atoms with Gasteiger partial charge in [0, 0.05) is 25.5 Å². The van der Waals surface area contributed by atoms with E-state index in [1.165, 1.54) is 16.4 Å². The van der Waals surface area contributed by atoms with Gasteiger partial charge in [-0.05, 0) is 15.4 Å². The van der Waals surface area contributed by atoms with Gasteiger partial charge in [-0.15, -0.1) is 6.58 Å². The van der Waals surface area contributed by atoms with Crippen LogP contribution in [0.3, 0.4) is 0 Å². The Morgan fingerprint density at radius 2 is 1.52 bits per heavy atom. The zero-order valence-corrected chi connectivity index (χ0v) is 18.8. The summed E-state index contributed by atoms with van der Waals surface area (Å²) < 4.78 is 12.3. The Bertz CT molecular complexity index is 754. The summed E-state index contributed by atoms with van der Waals surface area (Å²) in [6.07, 6.45) is 3.89. The molecule has 2 aromatic carbocycles. The fraction of sp³-hybridized carbons (Fsp3) is 0.320.